The number of hydrogen-bond donors (Lipinski definition) is 1. The van der Waals surface area contributed by atoms with Crippen LogP contribution in [0.15, 0.2) is 70.5 Å². The average Bonchev–Trinajstić information content (AvgIpc) is 3.27. The molecule has 176 valence electrons. The van der Waals surface area contributed by atoms with Crippen LogP contribution in [-0.2, 0) is 35.7 Å². The lowest BCUT2D eigenvalue weighted by Gasteiger charge is -2.13. The highest BCUT2D eigenvalue weighted by Gasteiger charge is 2.20. The third-order valence-electron chi connectivity index (χ3n) is 5.44. The molecule has 0 unspecified atom stereocenters. The molecule has 0 aliphatic rings. The quantitative estimate of drug-likeness (QED) is 0.394. The van der Waals surface area contributed by atoms with Crippen LogP contribution in [0.3, 0.4) is 0 Å². The predicted molar refractivity (Wildman–Crippen MR) is 129 cm³/mol. The molecule has 0 saturated carbocycles. The van der Waals surface area contributed by atoms with Gasteiger partial charge in [0.15, 0.2) is 11.2 Å². The second-order valence-electron chi connectivity index (χ2n) is 7.72. The normalized spacial score (nSPS) is 11.1. The molecule has 0 spiro atoms. The molecule has 10 heteroatoms. The van der Waals surface area contributed by atoms with Gasteiger partial charge in [0.2, 0.25) is 5.91 Å². The van der Waals surface area contributed by atoms with E-state index in [9.17, 15) is 14.4 Å². The SMILES string of the molecule is COCCn1cnc2c1c(=O)n(CC(=O)NCc1ccccc1Cl)c(=O)n2Cc1ccccc1. The summed E-state index contributed by atoms with van der Waals surface area (Å²) in [6, 6.07) is 16.5. The van der Waals surface area contributed by atoms with Crippen LogP contribution < -0.4 is 16.6 Å². The first-order chi connectivity index (χ1) is 16.5. The monoisotopic (exact) mass is 481 g/mol. The molecule has 0 atom stereocenters. The summed E-state index contributed by atoms with van der Waals surface area (Å²) >= 11 is 6.15. The van der Waals surface area contributed by atoms with Crippen LogP contribution in [0.1, 0.15) is 11.1 Å². The number of ether oxygens (including phenoxy) is 1. The van der Waals surface area contributed by atoms with Gasteiger partial charge in [-0.25, -0.2) is 14.3 Å². The number of imidazole rings is 1. The van der Waals surface area contributed by atoms with E-state index in [1.54, 1.807) is 29.9 Å². The van der Waals surface area contributed by atoms with Gasteiger partial charge >= 0.3 is 5.69 Å². The Labute approximate surface area is 200 Å². The van der Waals surface area contributed by atoms with Crippen molar-refractivity contribution in [1.82, 2.24) is 24.0 Å². The Kier molecular flexibility index (Phi) is 7.24. The molecule has 9 nitrogen and oxygen atoms in total. The van der Waals surface area contributed by atoms with Crippen LogP contribution in [-0.4, -0.2) is 38.3 Å². The zero-order chi connectivity index (χ0) is 24.1. The second-order valence-corrected chi connectivity index (χ2v) is 8.12. The van der Waals surface area contributed by atoms with Gasteiger partial charge in [-0.05, 0) is 17.2 Å². The molecule has 4 rings (SSSR count). The van der Waals surface area contributed by atoms with Crippen LogP contribution in [0.25, 0.3) is 11.2 Å². The van der Waals surface area contributed by atoms with Crippen LogP contribution in [0.5, 0.6) is 0 Å². The summed E-state index contributed by atoms with van der Waals surface area (Å²) in [4.78, 5) is 43.7. The van der Waals surface area contributed by atoms with Crippen molar-refractivity contribution in [2.75, 3.05) is 13.7 Å². The Morgan fingerprint density at radius 2 is 1.79 bits per heavy atom. The topological polar surface area (TPSA) is 100 Å². The van der Waals surface area contributed by atoms with Crippen molar-refractivity contribution in [3.8, 4) is 0 Å². The van der Waals surface area contributed by atoms with E-state index >= 15 is 0 Å². The summed E-state index contributed by atoms with van der Waals surface area (Å²) < 4.78 is 9.13. The lowest BCUT2D eigenvalue weighted by molar-refractivity contribution is -0.121. The van der Waals surface area contributed by atoms with Crippen LogP contribution in [0, 0.1) is 0 Å². The molecular weight excluding hydrogens is 458 g/mol. The molecule has 0 aliphatic carbocycles. The van der Waals surface area contributed by atoms with E-state index in [2.05, 4.69) is 10.3 Å². The fourth-order valence-corrected chi connectivity index (χ4v) is 3.88. The van der Waals surface area contributed by atoms with Crippen molar-refractivity contribution in [2.24, 2.45) is 0 Å². The molecule has 1 N–H and O–H groups in total. The molecule has 0 bridgehead atoms. The maximum Gasteiger partial charge on any atom is 0.333 e. The second kappa shape index (κ2) is 10.5. The summed E-state index contributed by atoms with van der Waals surface area (Å²) in [5, 5.41) is 3.25. The first-order valence-corrected chi connectivity index (χ1v) is 11.1. The first-order valence-electron chi connectivity index (χ1n) is 10.7. The van der Waals surface area contributed by atoms with Gasteiger partial charge in [-0.15, -0.1) is 0 Å². The molecule has 34 heavy (non-hydrogen) atoms. The molecule has 0 saturated heterocycles. The Morgan fingerprint density at radius 3 is 2.53 bits per heavy atom. The van der Waals surface area contributed by atoms with Crippen molar-refractivity contribution in [3.05, 3.63) is 97.9 Å². The fraction of sp³-hybridized carbons (Fsp3) is 0.250. The van der Waals surface area contributed by atoms with Gasteiger partial charge in [-0.1, -0.05) is 60.1 Å². The maximum absolute atomic E-state index is 13.3. The number of fused-ring (bicyclic) bond motifs is 1. The van der Waals surface area contributed by atoms with Crippen molar-refractivity contribution >= 4 is 28.7 Å². The van der Waals surface area contributed by atoms with E-state index in [1.165, 1.54) is 10.9 Å². The molecule has 2 aromatic heterocycles. The molecule has 0 aliphatic heterocycles. The number of nitrogens with zero attached hydrogens (tertiary/aromatic N) is 4. The zero-order valence-electron chi connectivity index (χ0n) is 18.6. The largest absolute Gasteiger partial charge is 0.383 e. The van der Waals surface area contributed by atoms with Gasteiger partial charge in [0.05, 0.1) is 19.5 Å². The van der Waals surface area contributed by atoms with Gasteiger partial charge in [-0.2, -0.15) is 0 Å². The summed E-state index contributed by atoms with van der Waals surface area (Å²) in [6.45, 7) is 0.701. The maximum atomic E-state index is 13.3. The zero-order valence-corrected chi connectivity index (χ0v) is 19.4. The van der Waals surface area contributed by atoms with Crippen molar-refractivity contribution in [3.63, 3.8) is 0 Å². The standard InChI is InChI=1S/C24H24ClN5O4/c1-34-12-11-28-16-27-22-21(28)23(32)30(24(33)29(22)14-17-7-3-2-4-8-17)15-20(31)26-13-18-9-5-6-10-19(18)25/h2-10,16H,11-15H2,1H3,(H,26,31). The first kappa shape index (κ1) is 23.5. The molecule has 1 amide bonds. The smallest absolute Gasteiger partial charge is 0.333 e. The van der Waals surface area contributed by atoms with E-state index in [4.69, 9.17) is 16.3 Å². The molecule has 4 aromatic rings. The van der Waals surface area contributed by atoms with Gasteiger partial charge in [-0.3, -0.25) is 14.2 Å². The highest BCUT2D eigenvalue weighted by molar-refractivity contribution is 6.31. The van der Waals surface area contributed by atoms with E-state index in [0.717, 1.165) is 15.7 Å². The Bertz CT molecular complexity index is 1430. The minimum atomic E-state index is -0.605. The summed E-state index contributed by atoms with van der Waals surface area (Å²) in [5.74, 6) is -0.479. The number of aromatic nitrogens is 4. The van der Waals surface area contributed by atoms with E-state index < -0.39 is 23.7 Å². The molecule has 2 heterocycles. The molecule has 0 fully saturated rings. The van der Waals surface area contributed by atoms with Gasteiger partial charge in [0.25, 0.3) is 5.56 Å². The van der Waals surface area contributed by atoms with E-state index in [0.29, 0.717) is 18.2 Å². The molecular formula is C24H24ClN5O4. The number of benzene rings is 2. The number of carbonyl (C=O) groups excluding carboxylic acids is 1. The van der Waals surface area contributed by atoms with Crippen LogP contribution >= 0.6 is 11.6 Å². The van der Waals surface area contributed by atoms with Crippen LogP contribution in [0.2, 0.25) is 5.02 Å². The molecule has 2 aromatic carbocycles. The van der Waals surface area contributed by atoms with Gasteiger partial charge in [0, 0.05) is 25.2 Å². The van der Waals surface area contributed by atoms with Gasteiger partial charge in [0.1, 0.15) is 6.54 Å². The lowest BCUT2D eigenvalue weighted by Crippen LogP contribution is -2.44. The third-order valence-corrected chi connectivity index (χ3v) is 5.81. The van der Waals surface area contributed by atoms with Gasteiger partial charge < -0.3 is 14.6 Å². The van der Waals surface area contributed by atoms with Crippen LogP contribution in [0.4, 0.5) is 0 Å². The minimum Gasteiger partial charge on any atom is -0.383 e. The summed E-state index contributed by atoms with van der Waals surface area (Å²) in [6.07, 6.45) is 1.51. The summed E-state index contributed by atoms with van der Waals surface area (Å²) in [7, 11) is 1.56. The third kappa shape index (κ3) is 4.95. The number of rotatable bonds is 9. The number of halogens is 1. The van der Waals surface area contributed by atoms with E-state index in [1.807, 2.05) is 36.4 Å². The van der Waals surface area contributed by atoms with Crippen molar-refractivity contribution in [2.45, 2.75) is 26.2 Å². The number of methoxy groups -OCH3 is 1. The Morgan fingerprint density at radius 1 is 1.06 bits per heavy atom. The average molecular weight is 482 g/mol. The van der Waals surface area contributed by atoms with E-state index in [-0.39, 0.29) is 24.3 Å². The Hall–Kier alpha value is -3.69. The molecule has 0 radical (unpaired) electrons. The lowest BCUT2D eigenvalue weighted by atomic mass is 10.2. The highest BCUT2D eigenvalue weighted by Crippen LogP contribution is 2.14. The minimum absolute atomic E-state index is 0.180. The summed E-state index contributed by atoms with van der Waals surface area (Å²) in [5.41, 5.74) is 0.927. The number of amides is 1. The highest BCUT2D eigenvalue weighted by atomic mass is 35.5. The Balaban J connectivity index is 1.71. The van der Waals surface area contributed by atoms with Crippen molar-refractivity contribution in [1.29, 1.82) is 0 Å². The van der Waals surface area contributed by atoms with Crippen molar-refractivity contribution < 1.29 is 9.53 Å². The predicted octanol–water partition coefficient (Wildman–Crippen LogP) is 2.02. The fourth-order valence-electron chi connectivity index (χ4n) is 3.68. The number of nitrogens with one attached hydrogen (secondary N) is 1. The number of carbonyl (C=O) groups is 1. The number of hydrogen-bond acceptors (Lipinski definition) is 5.